The molecular weight excluding hydrogens is 336 g/mol. The maximum atomic E-state index is 11.6. The highest BCUT2D eigenvalue weighted by Crippen LogP contribution is 2.67. The maximum absolute atomic E-state index is 11.6. The third-order valence-corrected chi connectivity index (χ3v) is 10.1. The second kappa shape index (κ2) is 6.99. The molecule has 0 saturated heterocycles. The molecule has 0 radical (unpaired) electrons. The molecule has 0 amide bonds. The van der Waals surface area contributed by atoms with Gasteiger partial charge >= 0.3 is 0 Å². The van der Waals surface area contributed by atoms with E-state index in [2.05, 4.69) is 13.8 Å². The molecule has 0 aromatic carbocycles. The predicted octanol–water partition coefficient (Wildman–Crippen LogP) is 4.53. The fraction of sp³-hybridized carbons (Fsp3) is 1.00. The second-order valence-corrected chi connectivity index (χ2v) is 11.2. The third kappa shape index (κ3) is 2.94. The van der Waals surface area contributed by atoms with Crippen LogP contribution in [0.2, 0.25) is 0 Å². The number of aliphatic hydroxyl groups is 3. The third-order valence-electron chi connectivity index (χ3n) is 10.1. The number of fused-ring (bicyclic) bond motifs is 5. The summed E-state index contributed by atoms with van der Waals surface area (Å²) in [5, 5.41) is 32.3. The van der Waals surface area contributed by atoms with Crippen molar-refractivity contribution in [3.8, 4) is 0 Å². The molecule has 156 valence electrons. The summed E-state index contributed by atoms with van der Waals surface area (Å²) in [6.45, 7) is 6.65. The van der Waals surface area contributed by atoms with Crippen LogP contribution in [0.3, 0.4) is 0 Å². The van der Waals surface area contributed by atoms with Gasteiger partial charge in [-0.15, -0.1) is 0 Å². The molecule has 0 aromatic rings. The van der Waals surface area contributed by atoms with Crippen LogP contribution in [0.4, 0.5) is 0 Å². The molecular formula is C24H42O3. The molecule has 0 aromatic heterocycles. The van der Waals surface area contributed by atoms with Crippen LogP contribution in [0.25, 0.3) is 0 Å². The van der Waals surface area contributed by atoms with Gasteiger partial charge in [0.15, 0.2) is 0 Å². The molecule has 3 nitrogen and oxygen atoms in total. The summed E-state index contributed by atoms with van der Waals surface area (Å²) in [5.41, 5.74) is -1.11. The van der Waals surface area contributed by atoms with Crippen LogP contribution in [-0.2, 0) is 0 Å². The Labute approximate surface area is 165 Å². The number of aliphatic hydroxyl groups excluding tert-OH is 1. The normalized spacial score (nSPS) is 53.3. The fourth-order valence-electron chi connectivity index (χ4n) is 8.67. The van der Waals surface area contributed by atoms with Crippen molar-refractivity contribution < 1.29 is 15.3 Å². The molecule has 0 spiro atoms. The van der Waals surface area contributed by atoms with Crippen molar-refractivity contribution in [3.63, 3.8) is 0 Å². The summed E-state index contributed by atoms with van der Waals surface area (Å²) in [6.07, 6.45) is 12.2. The van der Waals surface area contributed by atoms with E-state index in [0.717, 1.165) is 68.6 Å². The lowest BCUT2D eigenvalue weighted by molar-refractivity contribution is -0.165. The molecule has 4 aliphatic rings. The topological polar surface area (TPSA) is 60.7 Å². The minimum atomic E-state index is -0.692. The first-order valence-corrected chi connectivity index (χ1v) is 11.8. The molecule has 0 aliphatic heterocycles. The Kier molecular flexibility index (Phi) is 5.22. The van der Waals surface area contributed by atoms with Crippen molar-refractivity contribution in [1.82, 2.24) is 0 Å². The first-order valence-electron chi connectivity index (χ1n) is 11.8. The largest absolute Gasteiger partial charge is 0.396 e. The van der Waals surface area contributed by atoms with Gasteiger partial charge in [-0.3, -0.25) is 0 Å². The SMILES string of the molecule is CCC[C@@]1(O)CC[C@@H]2C3CC[C@@]4(C)C(CC[C@]4(O)C(C)CO)[C@@H]3CC[C@@H]2C1. The van der Waals surface area contributed by atoms with Crippen LogP contribution in [0.15, 0.2) is 0 Å². The van der Waals surface area contributed by atoms with E-state index in [1.165, 1.54) is 25.7 Å². The molecule has 3 N–H and O–H groups in total. The molecule has 9 atom stereocenters. The Morgan fingerprint density at radius 1 is 0.926 bits per heavy atom. The highest BCUT2D eigenvalue weighted by atomic mass is 16.3. The molecule has 4 saturated carbocycles. The predicted molar refractivity (Wildman–Crippen MR) is 108 cm³/mol. The van der Waals surface area contributed by atoms with Gasteiger partial charge in [0.05, 0.1) is 11.2 Å². The molecule has 0 heterocycles. The van der Waals surface area contributed by atoms with E-state index in [-0.39, 0.29) is 17.9 Å². The molecule has 4 aliphatic carbocycles. The van der Waals surface area contributed by atoms with Crippen molar-refractivity contribution in [3.05, 3.63) is 0 Å². The number of hydrogen-bond donors (Lipinski definition) is 3. The van der Waals surface area contributed by atoms with Gasteiger partial charge in [-0.05, 0) is 99.2 Å². The van der Waals surface area contributed by atoms with Gasteiger partial charge in [-0.2, -0.15) is 0 Å². The van der Waals surface area contributed by atoms with Crippen LogP contribution in [-0.4, -0.2) is 33.1 Å². The zero-order chi connectivity index (χ0) is 19.4. The van der Waals surface area contributed by atoms with Gasteiger partial charge < -0.3 is 15.3 Å². The van der Waals surface area contributed by atoms with Gasteiger partial charge in [0.2, 0.25) is 0 Å². The van der Waals surface area contributed by atoms with Crippen LogP contribution < -0.4 is 0 Å². The Hall–Kier alpha value is -0.120. The average Bonchev–Trinajstić information content (AvgIpc) is 2.93. The van der Waals surface area contributed by atoms with Gasteiger partial charge in [0.25, 0.3) is 0 Å². The van der Waals surface area contributed by atoms with Gasteiger partial charge in [0, 0.05) is 12.5 Å². The van der Waals surface area contributed by atoms with E-state index in [4.69, 9.17) is 0 Å². The molecule has 4 rings (SSSR count). The quantitative estimate of drug-likeness (QED) is 0.673. The average molecular weight is 379 g/mol. The Morgan fingerprint density at radius 3 is 2.37 bits per heavy atom. The van der Waals surface area contributed by atoms with E-state index < -0.39 is 11.2 Å². The summed E-state index contributed by atoms with van der Waals surface area (Å²) in [6, 6.07) is 0. The maximum Gasteiger partial charge on any atom is 0.0751 e. The van der Waals surface area contributed by atoms with E-state index in [1.54, 1.807) is 0 Å². The molecule has 3 unspecified atom stereocenters. The van der Waals surface area contributed by atoms with Crippen molar-refractivity contribution in [2.24, 2.45) is 40.9 Å². The zero-order valence-electron chi connectivity index (χ0n) is 17.8. The Balaban J connectivity index is 1.52. The van der Waals surface area contributed by atoms with Crippen molar-refractivity contribution in [1.29, 1.82) is 0 Å². The monoisotopic (exact) mass is 378 g/mol. The van der Waals surface area contributed by atoms with Crippen LogP contribution in [0.1, 0.15) is 91.4 Å². The summed E-state index contributed by atoms with van der Waals surface area (Å²) in [5.74, 6) is 3.67. The van der Waals surface area contributed by atoms with Crippen molar-refractivity contribution >= 4 is 0 Å². The summed E-state index contributed by atoms with van der Waals surface area (Å²) < 4.78 is 0. The van der Waals surface area contributed by atoms with E-state index in [1.807, 2.05) is 6.92 Å². The standard InChI is InChI=1S/C24H42O3/c1-4-10-23(26)12-8-18-17(14-23)5-6-20-19(18)7-11-22(3)21(20)9-13-24(22,27)16(2)15-25/h16-21,25-27H,4-15H2,1-3H3/t16?,17-,18+,19?,20-,21?,22+,23-,24+/m1/s1. The second-order valence-electron chi connectivity index (χ2n) is 11.2. The molecule has 4 fully saturated rings. The lowest BCUT2D eigenvalue weighted by Crippen LogP contribution is -2.57. The summed E-state index contributed by atoms with van der Waals surface area (Å²) in [7, 11) is 0. The lowest BCUT2D eigenvalue weighted by atomic mass is 9.47. The first-order chi connectivity index (χ1) is 12.8. The van der Waals surface area contributed by atoms with E-state index in [9.17, 15) is 15.3 Å². The van der Waals surface area contributed by atoms with Crippen molar-refractivity contribution in [2.75, 3.05) is 6.61 Å². The van der Waals surface area contributed by atoms with Crippen LogP contribution in [0.5, 0.6) is 0 Å². The van der Waals surface area contributed by atoms with Gasteiger partial charge in [-0.1, -0.05) is 27.2 Å². The van der Waals surface area contributed by atoms with E-state index >= 15 is 0 Å². The van der Waals surface area contributed by atoms with Crippen LogP contribution in [0, 0.1) is 40.9 Å². The summed E-state index contributed by atoms with van der Waals surface area (Å²) in [4.78, 5) is 0. The minimum Gasteiger partial charge on any atom is -0.396 e. The molecule has 3 heteroatoms. The number of hydrogen-bond acceptors (Lipinski definition) is 3. The zero-order valence-corrected chi connectivity index (χ0v) is 17.8. The highest BCUT2D eigenvalue weighted by molar-refractivity contribution is 5.13. The van der Waals surface area contributed by atoms with Crippen molar-refractivity contribution in [2.45, 2.75) is 103 Å². The molecule has 27 heavy (non-hydrogen) atoms. The van der Waals surface area contributed by atoms with E-state index in [0.29, 0.717) is 5.92 Å². The smallest absolute Gasteiger partial charge is 0.0751 e. The number of rotatable bonds is 4. The fourth-order valence-corrected chi connectivity index (χ4v) is 8.67. The summed E-state index contributed by atoms with van der Waals surface area (Å²) >= 11 is 0. The Bertz CT molecular complexity index is 550. The molecule has 0 bridgehead atoms. The highest BCUT2D eigenvalue weighted by Gasteiger charge is 2.64. The minimum absolute atomic E-state index is 0.0270. The Morgan fingerprint density at radius 2 is 1.67 bits per heavy atom. The van der Waals surface area contributed by atoms with Gasteiger partial charge in [0.1, 0.15) is 0 Å². The van der Waals surface area contributed by atoms with Crippen LogP contribution >= 0.6 is 0 Å². The lowest BCUT2D eigenvalue weighted by Gasteiger charge is -2.59. The van der Waals surface area contributed by atoms with Gasteiger partial charge in [-0.25, -0.2) is 0 Å². The first kappa shape index (κ1) is 20.2.